The second-order valence-corrected chi connectivity index (χ2v) is 5.37. The number of nitrogens with one attached hydrogen (secondary N) is 1. The maximum absolute atomic E-state index is 11.8. The first-order valence-electron chi connectivity index (χ1n) is 6.50. The lowest BCUT2D eigenvalue weighted by Gasteiger charge is -2.30. The number of likely N-dealkylation sites (tertiary alicyclic amines) is 1. The fourth-order valence-corrected chi connectivity index (χ4v) is 2.02. The Morgan fingerprint density at radius 1 is 1.47 bits per heavy atom. The summed E-state index contributed by atoms with van der Waals surface area (Å²) in [5.41, 5.74) is 0. The Bertz CT molecular complexity index is 266. The zero-order valence-corrected chi connectivity index (χ0v) is 11.1. The van der Waals surface area contributed by atoms with Crippen LogP contribution in [0.2, 0.25) is 0 Å². The molecule has 0 aromatic heterocycles. The van der Waals surface area contributed by atoms with Crippen molar-refractivity contribution >= 4 is 12.2 Å². The molecule has 98 valence electrons. The highest BCUT2D eigenvalue weighted by molar-refractivity contribution is 5.78. The number of nitrogens with zero attached hydrogens (tertiary/aromatic N) is 1. The van der Waals surface area contributed by atoms with Crippen molar-refractivity contribution in [3.05, 3.63) is 0 Å². The summed E-state index contributed by atoms with van der Waals surface area (Å²) in [5, 5.41) is 2.99. The van der Waals surface area contributed by atoms with Gasteiger partial charge >= 0.3 is 0 Å². The molecule has 0 aromatic carbocycles. The fourth-order valence-electron chi connectivity index (χ4n) is 2.02. The largest absolute Gasteiger partial charge is 0.352 e. The molecular weight excluding hydrogens is 216 g/mol. The van der Waals surface area contributed by atoms with Crippen molar-refractivity contribution in [1.82, 2.24) is 10.2 Å². The standard InChI is InChI=1S/C13H24N2O2/c1-10(2)11(3)14-13(17)8-15-6-4-5-12(7-15)9-16/h9-12H,4-8H2,1-3H3,(H,14,17). The highest BCUT2D eigenvalue weighted by atomic mass is 16.2. The van der Waals surface area contributed by atoms with Crippen LogP contribution in [0, 0.1) is 11.8 Å². The lowest BCUT2D eigenvalue weighted by molar-refractivity contribution is -0.124. The normalized spacial score (nSPS) is 23.4. The van der Waals surface area contributed by atoms with Gasteiger partial charge in [-0.15, -0.1) is 0 Å². The van der Waals surface area contributed by atoms with Crippen LogP contribution in [0.5, 0.6) is 0 Å². The molecule has 1 aliphatic heterocycles. The lowest BCUT2D eigenvalue weighted by Crippen LogP contribution is -2.46. The van der Waals surface area contributed by atoms with E-state index in [2.05, 4.69) is 24.1 Å². The van der Waals surface area contributed by atoms with Crippen LogP contribution in [-0.4, -0.2) is 42.8 Å². The third-order valence-corrected chi connectivity index (χ3v) is 3.49. The number of carbonyl (C=O) groups excluding carboxylic acids is 2. The Kier molecular flexibility index (Phi) is 5.62. The monoisotopic (exact) mass is 240 g/mol. The number of aldehydes is 1. The molecule has 1 rings (SSSR count). The first kappa shape index (κ1) is 14.2. The van der Waals surface area contributed by atoms with E-state index in [0.717, 1.165) is 32.2 Å². The molecule has 1 aliphatic rings. The van der Waals surface area contributed by atoms with E-state index >= 15 is 0 Å². The maximum Gasteiger partial charge on any atom is 0.234 e. The molecule has 1 amide bonds. The Labute approximate surface area is 104 Å². The number of rotatable bonds is 5. The average molecular weight is 240 g/mol. The van der Waals surface area contributed by atoms with Crippen molar-refractivity contribution in [2.45, 2.75) is 39.7 Å². The van der Waals surface area contributed by atoms with Crippen LogP contribution in [0.3, 0.4) is 0 Å². The maximum atomic E-state index is 11.8. The van der Waals surface area contributed by atoms with E-state index in [0.29, 0.717) is 12.5 Å². The number of carbonyl (C=O) groups is 2. The van der Waals surface area contributed by atoms with Gasteiger partial charge in [0.05, 0.1) is 6.54 Å². The van der Waals surface area contributed by atoms with E-state index in [1.807, 2.05) is 6.92 Å². The Morgan fingerprint density at radius 3 is 2.76 bits per heavy atom. The van der Waals surface area contributed by atoms with Gasteiger partial charge in [-0.1, -0.05) is 13.8 Å². The molecule has 0 aromatic rings. The molecule has 0 aliphatic carbocycles. The molecule has 0 saturated carbocycles. The summed E-state index contributed by atoms with van der Waals surface area (Å²) in [4.78, 5) is 24.6. The first-order chi connectivity index (χ1) is 8.02. The van der Waals surface area contributed by atoms with Gasteiger partial charge in [-0.2, -0.15) is 0 Å². The van der Waals surface area contributed by atoms with E-state index in [1.165, 1.54) is 0 Å². The number of piperidine rings is 1. The molecule has 0 radical (unpaired) electrons. The van der Waals surface area contributed by atoms with Crippen molar-refractivity contribution in [3.8, 4) is 0 Å². The molecule has 0 spiro atoms. The number of hydrogen-bond donors (Lipinski definition) is 1. The van der Waals surface area contributed by atoms with Crippen molar-refractivity contribution in [3.63, 3.8) is 0 Å². The molecule has 1 heterocycles. The predicted molar refractivity (Wildman–Crippen MR) is 67.7 cm³/mol. The summed E-state index contributed by atoms with van der Waals surface area (Å²) < 4.78 is 0. The smallest absolute Gasteiger partial charge is 0.234 e. The topological polar surface area (TPSA) is 49.4 Å². The highest BCUT2D eigenvalue weighted by Crippen LogP contribution is 2.13. The summed E-state index contributed by atoms with van der Waals surface area (Å²) in [7, 11) is 0. The number of amides is 1. The molecule has 4 heteroatoms. The molecule has 1 N–H and O–H groups in total. The zero-order valence-electron chi connectivity index (χ0n) is 11.1. The van der Waals surface area contributed by atoms with Gasteiger partial charge < -0.3 is 10.1 Å². The third-order valence-electron chi connectivity index (χ3n) is 3.49. The number of hydrogen-bond acceptors (Lipinski definition) is 3. The van der Waals surface area contributed by atoms with Gasteiger partial charge in [0.25, 0.3) is 0 Å². The average Bonchev–Trinajstić information content (AvgIpc) is 2.28. The summed E-state index contributed by atoms with van der Waals surface area (Å²) in [6, 6.07) is 0.203. The summed E-state index contributed by atoms with van der Waals surface area (Å²) in [6.07, 6.45) is 2.99. The van der Waals surface area contributed by atoms with Crippen LogP contribution < -0.4 is 5.32 Å². The van der Waals surface area contributed by atoms with E-state index in [4.69, 9.17) is 0 Å². The molecule has 1 fully saturated rings. The van der Waals surface area contributed by atoms with Gasteiger partial charge in [-0.25, -0.2) is 0 Å². The predicted octanol–water partition coefficient (Wildman–Crippen LogP) is 1.06. The van der Waals surface area contributed by atoms with Crippen molar-refractivity contribution < 1.29 is 9.59 Å². The Hall–Kier alpha value is -0.900. The molecule has 0 bridgehead atoms. The van der Waals surface area contributed by atoms with E-state index in [-0.39, 0.29) is 17.9 Å². The first-order valence-corrected chi connectivity index (χ1v) is 6.50. The van der Waals surface area contributed by atoms with Crippen LogP contribution in [0.4, 0.5) is 0 Å². The SMILES string of the molecule is CC(C)C(C)NC(=O)CN1CCCC(C=O)C1. The molecule has 17 heavy (non-hydrogen) atoms. The summed E-state index contributed by atoms with van der Waals surface area (Å²) in [6.45, 7) is 8.28. The van der Waals surface area contributed by atoms with Crippen LogP contribution in [0.1, 0.15) is 33.6 Å². The van der Waals surface area contributed by atoms with Crippen LogP contribution in [0.25, 0.3) is 0 Å². The van der Waals surface area contributed by atoms with Gasteiger partial charge in [-0.3, -0.25) is 9.69 Å². The Morgan fingerprint density at radius 2 is 2.18 bits per heavy atom. The highest BCUT2D eigenvalue weighted by Gasteiger charge is 2.21. The molecule has 4 nitrogen and oxygen atoms in total. The van der Waals surface area contributed by atoms with E-state index < -0.39 is 0 Å². The quantitative estimate of drug-likeness (QED) is 0.731. The van der Waals surface area contributed by atoms with Gasteiger partial charge in [-0.05, 0) is 32.2 Å². The lowest BCUT2D eigenvalue weighted by atomic mass is 10.00. The zero-order chi connectivity index (χ0) is 12.8. The van der Waals surface area contributed by atoms with E-state index in [1.54, 1.807) is 0 Å². The fraction of sp³-hybridized carbons (Fsp3) is 0.846. The molecule has 2 unspecified atom stereocenters. The van der Waals surface area contributed by atoms with Crippen molar-refractivity contribution in [1.29, 1.82) is 0 Å². The second-order valence-electron chi connectivity index (χ2n) is 5.37. The third kappa shape index (κ3) is 4.86. The molecular formula is C13H24N2O2. The van der Waals surface area contributed by atoms with E-state index in [9.17, 15) is 9.59 Å². The summed E-state index contributed by atoms with van der Waals surface area (Å²) >= 11 is 0. The van der Waals surface area contributed by atoms with Gasteiger partial charge in [0.2, 0.25) is 5.91 Å². The second kappa shape index (κ2) is 6.74. The van der Waals surface area contributed by atoms with Crippen molar-refractivity contribution in [2.75, 3.05) is 19.6 Å². The minimum Gasteiger partial charge on any atom is -0.352 e. The molecule has 1 saturated heterocycles. The van der Waals surface area contributed by atoms with Crippen LogP contribution >= 0.6 is 0 Å². The molecule has 2 atom stereocenters. The minimum atomic E-state index is 0.0674. The minimum absolute atomic E-state index is 0.0674. The van der Waals surface area contributed by atoms with Gasteiger partial charge in [0.15, 0.2) is 0 Å². The summed E-state index contributed by atoms with van der Waals surface area (Å²) in [5.74, 6) is 0.625. The van der Waals surface area contributed by atoms with Crippen molar-refractivity contribution in [2.24, 2.45) is 11.8 Å². The van der Waals surface area contributed by atoms with Gasteiger partial charge in [0, 0.05) is 18.5 Å². The van der Waals surface area contributed by atoms with Crippen LogP contribution in [-0.2, 0) is 9.59 Å². The Balaban J connectivity index is 2.33. The van der Waals surface area contributed by atoms with Gasteiger partial charge in [0.1, 0.15) is 6.29 Å². The van der Waals surface area contributed by atoms with Crippen LogP contribution in [0.15, 0.2) is 0 Å².